The predicted octanol–water partition coefficient (Wildman–Crippen LogP) is 4.00. The van der Waals surface area contributed by atoms with E-state index in [2.05, 4.69) is 4.98 Å². The van der Waals surface area contributed by atoms with E-state index < -0.39 is 22.9 Å². The van der Waals surface area contributed by atoms with Gasteiger partial charge in [0.05, 0.1) is 23.7 Å². The van der Waals surface area contributed by atoms with Crippen LogP contribution in [0.1, 0.15) is 36.8 Å². The van der Waals surface area contributed by atoms with E-state index in [1.165, 1.54) is 0 Å². The summed E-state index contributed by atoms with van der Waals surface area (Å²) < 4.78 is 43.2. The van der Waals surface area contributed by atoms with Crippen molar-refractivity contribution in [3.8, 4) is 0 Å². The van der Waals surface area contributed by atoms with Crippen LogP contribution in [-0.4, -0.2) is 23.0 Å². The Kier molecular flexibility index (Phi) is 4.31. The first-order valence-electron chi connectivity index (χ1n) is 6.56. The Bertz CT molecular complexity index is 562. The molecule has 21 heavy (non-hydrogen) atoms. The first kappa shape index (κ1) is 16.2. The minimum atomic E-state index is -4.59. The van der Waals surface area contributed by atoms with Gasteiger partial charge in [0.1, 0.15) is 10.8 Å². The number of pyridine rings is 1. The highest BCUT2D eigenvalue weighted by atomic mass is 35.5. The zero-order valence-electron chi connectivity index (χ0n) is 11.7. The highest BCUT2D eigenvalue weighted by Crippen LogP contribution is 2.36. The number of carbonyl (C=O) groups is 1. The lowest BCUT2D eigenvalue weighted by Gasteiger charge is -2.18. The van der Waals surface area contributed by atoms with E-state index in [0.29, 0.717) is 0 Å². The number of carbonyl (C=O) groups excluding carboxylic acids is 1. The van der Waals surface area contributed by atoms with Crippen LogP contribution in [-0.2, 0) is 10.9 Å². The Morgan fingerprint density at radius 2 is 1.86 bits per heavy atom. The van der Waals surface area contributed by atoms with Crippen LogP contribution in [0, 0.1) is 11.8 Å². The molecule has 2 rings (SSSR count). The zero-order valence-corrected chi connectivity index (χ0v) is 12.5. The highest BCUT2D eigenvalue weighted by Gasteiger charge is 2.42. The molecule has 1 aliphatic heterocycles. The molecule has 1 fully saturated rings. The molecule has 0 radical (unpaired) electrons. The van der Waals surface area contributed by atoms with Crippen LogP contribution in [0.15, 0.2) is 12.1 Å². The molecule has 7 heteroatoms. The second-order valence-electron chi connectivity index (χ2n) is 5.33. The third-order valence-electron chi connectivity index (χ3n) is 3.95. The van der Waals surface area contributed by atoms with E-state index in [9.17, 15) is 18.0 Å². The van der Waals surface area contributed by atoms with Crippen molar-refractivity contribution in [2.24, 2.45) is 11.8 Å². The maximum atomic E-state index is 12.6. The third-order valence-corrected chi connectivity index (χ3v) is 4.24. The average Bonchev–Trinajstić information content (AvgIpc) is 2.61. The van der Waals surface area contributed by atoms with Gasteiger partial charge in [0.25, 0.3) is 0 Å². The minimum absolute atomic E-state index is 0.00562. The van der Waals surface area contributed by atoms with Crippen molar-refractivity contribution in [1.82, 2.24) is 4.98 Å². The molecule has 1 aliphatic rings. The Hall–Kier alpha value is -1.14. The molecule has 2 heterocycles. The van der Waals surface area contributed by atoms with Crippen LogP contribution in [0.2, 0.25) is 5.15 Å². The van der Waals surface area contributed by atoms with E-state index >= 15 is 0 Å². The van der Waals surface area contributed by atoms with Crippen molar-refractivity contribution in [1.29, 1.82) is 0 Å². The summed E-state index contributed by atoms with van der Waals surface area (Å²) in [5.41, 5.74) is -1.10. The van der Waals surface area contributed by atoms with E-state index in [4.69, 9.17) is 16.3 Å². The van der Waals surface area contributed by atoms with Crippen LogP contribution < -0.4 is 0 Å². The van der Waals surface area contributed by atoms with Gasteiger partial charge in [-0.3, -0.25) is 4.79 Å². The topological polar surface area (TPSA) is 39.2 Å². The van der Waals surface area contributed by atoms with Crippen LogP contribution in [0.3, 0.4) is 0 Å². The second-order valence-corrected chi connectivity index (χ2v) is 5.69. The van der Waals surface area contributed by atoms with Crippen LogP contribution in [0.5, 0.6) is 0 Å². The molecule has 3 nitrogen and oxygen atoms in total. The normalized spacial score (nSPS) is 29.7. The molecule has 0 amide bonds. The summed E-state index contributed by atoms with van der Waals surface area (Å²) in [6.45, 7) is 5.51. The number of alkyl halides is 3. The minimum Gasteiger partial charge on any atom is -0.374 e. The maximum absolute atomic E-state index is 12.6. The lowest BCUT2D eigenvalue weighted by Crippen LogP contribution is -2.27. The number of hydrogen-bond acceptors (Lipinski definition) is 3. The first-order valence-corrected chi connectivity index (χ1v) is 6.94. The number of ether oxygens (including phenoxy) is 1. The summed E-state index contributed by atoms with van der Waals surface area (Å²) >= 11 is 5.77. The van der Waals surface area contributed by atoms with Gasteiger partial charge >= 0.3 is 6.18 Å². The lowest BCUT2D eigenvalue weighted by molar-refractivity contribution is -0.141. The van der Waals surface area contributed by atoms with Crippen molar-refractivity contribution in [3.63, 3.8) is 0 Å². The van der Waals surface area contributed by atoms with Gasteiger partial charge in [-0.1, -0.05) is 18.5 Å². The van der Waals surface area contributed by atoms with Crippen LogP contribution in [0.4, 0.5) is 13.2 Å². The van der Waals surface area contributed by atoms with Gasteiger partial charge in [0.15, 0.2) is 5.78 Å². The summed E-state index contributed by atoms with van der Waals surface area (Å²) in [5, 5.41) is -0.422. The fourth-order valence-electron chi connectivity index (χ4n) is 2.67. The van der Waals surface area contributed by atoms with Gasteiger partial charge in [-0.05, 0) is 31.9 Å². The van der Waals surface area contributed by atoms with Gasteiger partial charge in [-0.25, -0.2) is 4.98 Å². The standard InChI is InChI=1S/C14H15ClF3NO2/c1-6-7(2)21-8(3)11(6)12(20)9-4-5-10(14(16,17)18)19-13(9)15/h4-8,11H,1-3H3. The number of rotatable bonds is 2. The molecular weight excluding hydrogens is 307 g/mol. The summed E-state index contributed by atoms with van der Waals surface area (Å²) in [4.78, 5) is 15.8. The fraction of sp³-hybridized carbons (Fsp3) is 0.571. The molecule has 0 N–H and O–H groups in total. The Labute approximate surface area is 125 Å². The second kappa shape index (κ2) is 5.57. The summed E-state index contributed by atoms with van der Waals surface area (Å²) in [5.74, 6) is -0.799. The molecule has 0 saturated carbocycles. The van der Waals surface area contributed by atoms with E-state index in [0.717, 1.165) is 12.1 Å². The van der Waals surface area contributed by atoms with Gasteiger partial charge in [-0.15, -0.1) is 0 Å². The first-order chi connectivity index (χ1) is 9.62. The van der Waals surface area contributed by atoms with Gasteiger partial charge < -0.3 is 4.74 Å². The van der Waals surface area contributed by atoms with Crippen molar-refractivity contribution < 1.29 is 22.7 Å². The van der Waals surface area contributed by atoms with Crippen LogP contribution >= 0.6 is 11.6 Å². The fourth-order valence-corrected chi connectivity index (χ4v) is 2.92. The molecule has 0 spiro atoms. The van der Waals surface area contributed by atoms with Gasteiger partial charge in [0.2, 0.25) is 0 Å². The van der Waals surface area contributed by atoms with Gasteiger partial charge in [0, 0.05) is 0 Å². The molecule has 1 aromatic rings. The van der Waals surface area contributed by atoms with E-state index in [-0.39, 0.29) is 29.5 Å². The molecule has 0 bridgehead atoms. The van der Waals surface area contributed by atoms with Crippen molar-refractivity contribution in [3.05, 3.63) is 28.5 Å². The quantitative estimate of drug-likeness (QED) is 0.610. The molecule has 0 aliphatic carbocycles. The average molecular weight is 322 g/mol. The Balaban J connectivity index is 2.32. The monoisotopic (exact) mass is 321 g/mol. The van der Waals surface area contributed by atoms with Crippen molar-refractivity contribution in [2.75, 3.05) is 0 Å². The number of Topliss-reactive ketones (excluding diaryl/α,β-unsaturated/α-hetero) is 1. The number of aromatic nitrogens is 1. The number of hydrogen-bond donors (Lipinski definition) is 0. The van der Waals surface area contributed by atoms with E-state index in [1.807, 2.05) is 13.8 Å². The molecule has 1 saturated heterocycles. The highest BCUT2D eigenvalue weighted by molar-refractivity contribution is 6.32. The van der Waals surface area contributed by atoms with Crippen LogP contribution in [0.25, 0.3) is 0 Å². The number of halogens is 4. The molecule has 4 unspecified atom stereocenters. The number of nitrogens with zero attached hydrogens (tertiary/aromatic N) is 1. The predicted molar refractivity (Wildman–Crippen MR) is 71.2 cm³/mol. The molecule has 116 valence electrons. The van der Waals surface area contributed by atoms with Gasteiger partial charge in [-0.2, -0.15) is 13.2 Å². The van der Waals surface area contributed by atoms with Crippen molar-refractivity contribution >= 4 is 17.4 Å². The molecule has 1 aromatic heterocycles. The molecule has 0 aromatic carbocycles. The smallest absolute Gasteiger partial charge is 0.374 e. The summed E-state index contributed by atoms with van der Waals surface area (Å²) in [6.07, 6.45) is -4.98. The Morgan fingerprint density at radius 3 is 2.29 bits per heavy atom. The largest absolute Gasteiger partial charge is 0.433 e. The molecule has 4 atom stereocenters. The maximum Gasteiger partial charge on any atom is 0.433 e. The molecular formula is C14H15ClF3NO2. The van der Waals surface area contributed by atoms with E-state index in [1.54, 1.807) is 6.92 Å². The zero-order chi connectivity index (χ0) is 15.9. The lowest BCUT2D eigenvalue weighted by atomic mass is 9.84. The summed E-state index contributed by atoms with van der Waals surface area (Å²) in [7, 11) is 0. The number of ketones is 1. The summed E-state index contributed by atoms with van der Waals surface area (Å²) in [6, 6.07) is 1.86. The van der Waals surface area contributed by atoms with Crippen molar-refractivity contribution in [2.45, 2.75) is 39.2 Å². The third kappa shape index (κ3) is 3.06. The Morgan fingerprint density at radius 1 is 1.24 bits per heavy atom. The SMILES string of the molecule is CC1OC(C)C(C(=O)c2ccc(C(F)(F)F)nc2Cl)C1C.